The van der Waals surface area contributed by atoms with Gasteiger partial charge in [0.2, 0.25) is 0 Å². The number of rotatable bonds is 7. The first kappa shape index (κ1) is 32.8. The quantitative estimate of drug-likeness (QED) is 0.145. The number of hydrogen-bond donors (Lipinski definition) is 0. The summed E-state index contributed by atoms with van der Waals surface area (Å²) >= 11 is 0. The van der Waals surface area contributed by atoms with Crippen LogP contribution in [0.15, 0.2) is 213 Å². The van der Waals surface area contributed by atoms with Gasteiger partial charge in [-0.25, -0.2) is 0 Å². The van der Waals surface area contributed by atoms with Gasteiger partial charge in [0.05, 0.1) is 33.1 Å². The average Bonchev–Trinajstić information content (AvgIpc) is 3.91. The third kappa shape index (κ3) is 5.13. The van der Waals surface area contributed by atoms with Crippen LogP contribution < -0.4 is 0 Å². The number of para-hydroxylation sites is 4. The molecule has 3 heterocycles. The van der Waals surface area contributed by atoms with E-state index in [0.717, 1.165) is 28.1 Å². The van der Waals surface area contributed by atoms with Crippen LogP contribution in [0.5, 0.6) is 0 Å². The fourth-order valence-electron chi connectivity index (χ4n) is 8.95. The Balaban J connectivity index is 1.01. The molecule has 0 N–H and O–H groups in total. The molecule has 0 atom stereocenters. The largest absolute Gasteiger partial charge is 0.310 e. The molecule has 0 aliphatic rings. The Morgan fingerprint density at radius 1 is 0.368 bits per heavy atom. The summed E-state index contributed by atoms with van der Waals surface area (Å²) in [5, 5.41) is 7.43. The molecule has 11 aromatic rings. The summed E-state index contributed by atoms with van der Waals surface area (Å²) in [5.41, 5.74) is 14.9. The predicted octanol–water partition coefficient (Wildman–Crippen LogP) is 14.5. The van der Waals surface area contributed by atoms with Gasteiger partial charge in [-0.2, -0.15) is 0 Å². The van der Waals surface area contributed by atoms with E-state index in [1.165, 1.54) is 76.6 Å². The molecule has 3 aromatic heterocycles. The highest BCUT2D eigenvalue weighted by Crippen LogP contribution is 2.39. The third-order valence-electron chi connectivity index (χ3n) is 11.6. The van der Waals surface area contributed by atoms with Crippen LogP contribution in [-0.2, 0) is 0 Å². The number of nitrogens with zero attached hydrogens (tertiary/aromatic N) is 3. The Morgan fingerprint density at radius 2 is 0.719 bits per heavy atom. The minimum Gasteiger partial charge on any atom is -0.310 e. The number of allylic oxidation sites excluding steroid dienone is 4. The predicted molar refractivity (Wildman–Crippen MR) is 244 cm³/mol. The molecule has 0 aliphatic heterocycles. The maximum absolute atomic E-state index is 4.47. The van der Waals surface area contributed by atoms with Crippen LogP contribution in [0.1, 0.15) is 0 Å². The zero-order chi connectivity index (χ0) is 38.0. The molecule has 0 bridgehead atoms. The van der Waals surface area contributed by atoms with Crippen LogP contribution in [0.4, 0.5) is 0 Å². The zero-order valence-corrected chi connectivity index (χ0v) is 31.3. The van der Waals surface area contributed by atoms with E-state index in [4.69, 9.17) is 0 Å². The monoisotopic (exact) mass is 727 g/mol. The molecular weight excluding hydrogens is 691 g/mol. The summed E-state index contributed by atoms with van der Waals surface area (Å²) in [6, 6.07) is 66.2. The molecule has 8 aromatic carbocycles. The van der Waals surface area contributed by atoms with Crippen LogP contribution in [0, 0.1) is 0 Å². The smallest absolute Gasteiger partial charge is 0.0541 e. The molecule has 11 rings (SSSR count). The van der Waals surface area contributed by atoms with Gasteiger partial charge in [-0.15, -0.1) is 0 Å². The van der Waals surface area contributed by atoms with Gasteiger partial charge in [0.1, 0.15) is 0 Å². The van der Waals surface area contributed by atoms with Crippen molar-refractivity contribution in [2.45, 2.75) is 0 Å². The number of aromatic nitrogens is 3. The van der Waals surface area contributed by atoms with Gasteiger partial charge in [-0.05, 0) is 101 Å². The molecular formula is C54H37N3. The molecule has 0 amide bonds. The van der Waals surface area contributed by atoms with Gasteiger partial charge >= 0.3 is 0 Å². The van der Waals surface area contributed by atoms with Gasteiger partial charge in [0.25, 0.3) is 0 Å². The van der Waals surface area contributed by atoms with Crippen molar-refractivity contribution in [3.8, 4) is 33.6 Å². The maximum atomic E-state index is 4.47. The highest BCUT2D eigenvalue weighted by atomic mass is 15.0. The summed E-state index contributed by atoms with van der Waals surface area (Å²) in [6.45, 7) is 8.37. The Hall–Kier alpha value is -7.62. The summed E-state index contributed by atoms with van der Waals surface area (Å²) in [7, 11) is 0. The fraction of sp³-hybridized carbons (Fsp3) is 0. The van der Waals surface area contributed by atoms with Gasteiger partial charge in [0.15, 0.2) is 0 Å². The van der Waals surface area contributed by atoms with Crippen molar-refractivity contribution in [3.63, 3.8) is 0 Å². The lowest BCUT2D eigenvalue weighted by atomic mass is 10.00. The molecule has 0 spiro atoms. The third-order valence-corrected chi connectivity index (χ3v) is 11.6. The Morgan fingerprint density at radius 3 is 1.09 bits per heavy atom. The van der Waals surface area contributed by atoms with Crippen molar-refractivity contribution in [1.82, 2.24) is 13.7 Å². The van der Waals surface area contributed by atoms with Crippen molar-refractivity contribution in [2.75, 3.05) is 0 Å². The first-order chi connectivity index (χ1) is 28.2. The molecule has 0 unspecified atom stereocenters. The fourth-order valence-corrected chi connectivity index (χ4v) is 8.95. The van der Waals surface area contributed by atoms with Gasteiger partial charge in [-0.1, -0.05) is 135 Å². The van der Waals surface area contributed by atoms with Gasteiger partial charge in [0, 0.05) is 49.4 Å². The molecule has 3 heteroatoms. The second kappa shape index (κ2) is 13.0. The molecule has 57 heavy (non-hydrogen) atoms. The number of benzene rings is 8. The molecule has 0 fully saturated rings. The van der Waals surface area contributed by atoms with E-state index in [9.17, 15) is 0 Å². The zero-order valence-electron chi connectivity index (χ0n) is 31.3. The van der Waals surface area contributed by atoms with E-state index >= 15 is 0 Å². The van der Waals surface area contributed by atoms with Crippen molar-refractivity contribution >= 4 is 71.1 Å². The van der Waals surface area contributed by atoms with Crippen molar-refractivity contribution in [1.29, 1.82) is 0 Å². The highest BCUT2D eigenvalue weighted by molar-refractivity contribution is 6.13. The van der Waals surface area contributed by atoms with Gasteiger partial charge < -0.3 is 13.7 Å². The molecule has 0 saturated heterocycles. The summed E-state index contributed by atoms with van der Waals surface area (Å²) < 4.78 is 6.99. The van der Waals surface area contributed by atoms with E-state index in [2.05, 4.69) is 209 Å². The van der Waals surface area contributed by atoms with E-state index in [-0.39, 0.29) is 0 Å². The number of fused-ring (bicyclic) bond motifs is 9. The van der Waals surface area contributed by atoms with Crippen LogP contribution in [-0.4, -0.2) is 13.7 Å². The van der Waals surface area contributed by atoms with Crippen molar-refractivity contribution in [3.05, 3.63) is 213 Å². The summed E-state index contributed by atoms with van der Waals surface area (Å²) in [4.78, 5) is 0. The van der Waals surface area contributed by atoms with Crippen molar-refractivity contribution in [2.24, 2.45) is 0 Å². The lowest BCUT2D eigenvalue weighted by molar-refractivity contribution is 1.18. The van der Waals surface area contributed by atoms with Gasteiger partial charge in [-0.3, -0.25) is 0 Å². The van der Waals surface area contributed by atoms with Crippen LogP contribution in [0.3, 0.4) is 0 Å². The normalized spacial score (nSPS) is 11.9. The minimum atomic E-state index is 0.890. The summed E-state index contributed by atoms with van der Waals surface area (Å²) in [5.74, 6) is 0. The van der Waals surface area contributed by atoms with Crippen LogP contribution in [0.2, 0.25) is 0 Å². The van der Waals surface area contributed by atoms with Crippen molar-refractivity contribution < 1.29 is 0 Å². The van der Waals surface area contributed by atoms with E-state index in [1.807, 2.05) is 12.2 Å². The van der Waals surface area contributed by atoms with E-state index < -0.39 is 0 Å². The molecule has 0 aliphatic carbocycles. The molecule has 268 valence electrons. The minimum absolute atomic E-state index is 0.890. The Kier molecular flexibility index (Phi) is 7.48. The lowest BCUT2D eigenvalue weighted by Crippen LogP contribution is -1.94. The first-order valence-electron chi connectivity index (χ1n) is 19.4. The molecule has 0 radical (unpaired) electrons. The average molecular weight is 728 g/mol. The molecule has 0 saturated carbocycles. The number of hydrogen-bond acceptors (Lipinski definition) is 0. The second-order valence-electron chi connectivity index (χ2n) is 14.7. The highest BCUT2D eigenvalue weighted by Gasteiger charge is 2.17. The standard InChI is InChI=1S/C54H37N3/c1-3-4-13-36(2)55-53-32-26-39(37-22-28-41(29-23-37)56-49-18-9-5-14-43(49)44-15-6-10-19-50(44)56)34-47(53)48-35-40(27-33-54(48)55)38-24-30-42(31-25-38)57-51-20-11-7-16-45(51)46-17-8-12-21-52(46)57/h3-35H,1-2H2. The molecule has 3 nitrogen and oxygen atoms in total. The maximum Gasteiger partial charge on any atom is 0.0541 e. The van der Waals surface area contributed by atoms with E-state index in [1.54, 1.807) is 6.08 Å². The Bertz CT molecular complexity index is 3100. The topological polar surface area (TPSA) is 14.8 Å². The Labute approximate surface area is 330 Å². The van der Waals surface area contributed by atoms with Crippen LogP contribution in [0.25, 0.3) is 105 Å². The van der Waals surface area contributed by atoms with Crippen LogP contribution >= 0.6 is 0 Å². The summed E-state index contributed by atoms with van der Waals surface area (Å²) in [6.07, 6.45) is 5.76. The lowest BCUT2D eigenvalue weighted by Gasteiger charge is -2.10. The second-order valence-corrected chi connectivity index (χ2v) is 14.7. The van der Waals surface area contributed by atoms with E-state index in [0.29, 0.717) is 0 Å². The first-order valence-corrected chi connectivity index (χ1v) is 19.4. The SMILES string of the molecule is C=CC=CC(=C)n1c2ccc(-c3ccc(-n4c5ccccc5c5ccccc54)cc3)cc2c2cc(-c3ccc(-n4c5ccccc5c5ccccc54)cc3)ccc21.